The molecule has 234 valence electrons. The molecule has 3 amide bonds. The van der Waals surface area contributed by atoms with Gasteiger partial charge in [0, 0.05) is 18.9 Å². The first-order valence-corrected chi connectivity index (χ1v) is 15.1. The summed E-state index contributed by atoms with van der Waals surface area (Å²) in [6, 6.07) is 17.6. The summed E-state index contributed by atoms with van der Waals surface area (Å²) >= 11 is 0. The monoisotopic (exact) mass is 595 g/mol. The summed E-state index contributed by atoms with van der Waals surface area (Å²) < 4.78 is 11.2. The van der Waals surface area contributed by atoms with Gasteiger partial charge in [0.2, 0.25) is 11.8 Å². The number of carbonyl (C=O) groups is 4. The Morgan fingerprint density at radius 3 is 2.16 bits per heavy atom. The van der Waals surface area contributed by atoms with Gasteiger partial charge in [-0.25, -0.2) is 25.1 Å². The zero-order chi connectivity index (χ0) is 31.2. The highest BCUT2D eigenvalue weighted by atomic mass is 16.6. The molecule has 2 atom stereocenters. The Kier molecular flexibility index (Phi) is 13.0. The number of hydrogen-bond donors (Lipinski definition) is 1. The molecular weight excluding hydrogens is 550 g/mol. The maximum absolute atomic E-state index is 14.2. The predicted molar refractivity (Wildman–Crippen MR) is 161 cm³/mol. The van der Waals surface area contributed by atoms with Crippen LogP contribution in [0.1, 0.15) is 83.8 Å². The van der Waals surface area contributed by atoms with Gasteiger partial charge in [0.1, 0.15) is 12.2 Å². The van der Waals surface area contributed by atoms with Crippen LogP contribution in [-0.2, 0) is 41.9 Å². The van der Waals surface area contributed by atoms with Crippen LogP contribution in [0.4, 0.5) is 4.79 Å². The second-order valence-electron chi connectivity index (χ2n) is 11.7. The molecule has 0 saturated carbocycles. The molecule has 43 heavy (non-hydrogen) atoms. The van der Waals surface area contributed by atoms with Gasteiger partial charge >= 0.3 is 12.1 Å². The molecule has 0 spiro atoms. The quantitative estimate of drug-likeness (QED) is 0.179. The Bertz CT molecular complexity index is 1180. The lowest BCUT2D eigenvalue weighted by molar-refractivity contribution is -0.183. The third-order valence-electron chi connectivity index (χ3n) is 6.93. The van der Waals surface area contributed by atoms with Crippen molar-refractivity contribution in [3.05, 3.63) is 71.8 Å². The largest absolute Gasteiger partial charge is 0.458 e. The zero-order valence-corrected chi connectivity index (χ0v) is 25.8. The van der Waals surface area contributed by atoms with Crippen LogP contribution in [0.5, 0.6) is 0 Å². The smallest absolute Gasteiger partial charge is 0.429 e. The van der Waals surface area contributed by atoms with Crippen molar-refractivity contribution in [2.75, 3.05) is 6.54 Å². The van der Waals surface area contributed by atoms with Crippen LogP contribution in [0, 0.1) is 5.92 Å². The lowest BCUT2D eigenvalue weighted by atomic mass is 9.94. The minimum absolute atomic E-state index is 0.0103. The normalized spacial score (nSPS) is 15.9. The summed E-state index contributed by atoms with van der Waals surface area (Å²) in [7, 11) is 0. The number of carbonyl (C=O) groups excluding carboxylic acids is 4. The third kappa shape index (κ3) is 11.0. The van der Waals surface area contributed by atoms with E-state index in [2.05, 4.69) is 12.4 Å². The van der Waals surface area contributed by atoms with Crippen LogP contribution in [0.15, 0.2) is 60.7 Å². The van der Waals surface area contributed by atoms with Gasteiger partial charge in [-0.3, -0.25) is 14.4 Å². The minimum Gasteiger partial charge on any atom is -0.458 e. The molecule has 1 aliphatic rings. The zero-order valence-electron chi connectivity index (χ0n) is 25.8. The SMILES string of the molecule is CCCCC[C@@H](CC(=O)NOCc1ccccc1)C(=O)N1[C@H](C(=O)OC(C)(C)C)CCCN1C(=O)OCc1ccccc1. The van der Waals surface area contributed by atoms with Crippen molar-refractivity contribution in [1.82, 2.24) is 15.5 Å². The lowest BCUT2D eigenvalue weighted by Gasteiger charge is -2.43. The van der Waals surface area contributed by atoms with Gasteiger partial charge in [0.25, 0.3) is 0 Å². The molecule has 10 heteroatoms. The molecule has 1 N–H and O–H groups in total. The summed E-state index contributed by atoms with van der Waals surface area (Å²) in [5.74, 6) is -2.36. The molecule has 0 aromatic heterocycles. The average Bonchev–Trinajstić information content (AvgIpc) is 2.99. The molecule has 1 heterocycles. The first kappa shape index (κ1) is 33.6. The van der Waals surface area contributed by atoms with Gasteiger partial charge in [0.05, 0.1) is 6.61 Å². The van der Waals surface area contributed by atoms with Crippen molar-refractivity contribution in [3.63, 3.8) is 0 Å². The van der Waals surface area contributed by atoms with Crippen molar-refractivity contribution >= 4 is 23.9 Å². The maximum atomic E-state index is 14.2. The summed E-state index contributed by atoms with van der Waals surface area (Å²) in [6.45, 7) is 7.67. The first-order chi connectivity index (χ1) is 20.6. The molecule has 0 radical (unpaired) electrons. The van der Waals surface area contributed by atoms with Crippen molar-refractivity contribution in [2.24, 2.45) is 5.92 Å². The number of hydroxylamine groups is 1. The topological polar surface area (TPSA) is 114 Å². The fraction of sp³-hybridized carbons (Fsp3) is 0.515. The highest BCUT2D eigenvalue weighted by Crippen LogP contribution is 2.28. The van der Waals surface area contributed by atoms with Crippen LogP contribution < -0.4 is 5.48 Å². The number of hydrazine groups is 1. The Labute approximate surface area is 254 Å². The number of hydrogen-bond acceptors (Lipinski definition) is 7. The minimum atomic E-state index is -1.03. The molecule has 0 bridgehead atoms. The maximum Gasteiger partial charge on any atom is 0.429 e. The number of amides is 3. The van der Waals surface area contributed by atoms with Crippen molar-refractivity contribution in [1.29, 1.82) is 0 Å². The van der Waals surface area contributed by atoms with Gasteiger partial charge in [-0.1, -0.05) is 86.8 Å². The molecule has 1 fully saturated rings. The van der Waals surface area contributed by atoms with E-state index in [0.717, 1.165) is 24.0 Å². The number of unbranched alkanes of at least 4 members (excludes halogenated alkanes) is 2. The second-order valence-corrected chi connectivity index (χ2v) is 11.7. The van der Waals surface area contributed by atoms with E-state index in [1.807, 2.05) is 60.7 Å². The molecule has 0 unspecified atom stereocenters. The number of esters is 1. The van der Waals surface area contributed by atoms with Gasteiger partial charge < -0.3 is 9.47 Å². The molecule has 2 aromatic rings. The summed E-state index contributed by atoms with van der Waals surface area (Å²) in [5.41, 5.74) is 3.32. The summed E-state index contributed by atoms with van der Waals surface area (Å²) in [6.07, 6.45) is 2.79. The predicted octanol–water partition coefficient (Wildman–Crippen LogP) is 5.71. The molecule has 10 nitrogen and oxygen atoms in total. The molecule has 2 aromatic carbocycles. The molecular formula is C33H45N3O7. The molecule has 3 rings (SSSR count). The Morgan fingerprint density at radius 1 is 0.930 bits per heavy atom. The Morgan fingerprint density at radius 2 is 1.56 bits per heavy atom. The first-order valence-electron chi connectivity index (χ1n) is 15.1. The van der Waals surface area contributed by atoms with Gasteiger partial charge in [0.15, 0.2) is 6.04 Å². The van der Waals surface area contributed by atoms with Crippen LogP contribution in [-0.4, -0.2) is 52.1 Å². The van der Waals surface area contributed by atoms with Crippen LogP contribution in [0.25, 0.3) is 0 Å². The fourth-order valence-electron chi connectivity index (χ4n) is 4.85. The van der Waals surface area contributed by atoms with Crippen LogP contribution >= 0.6 is 0 Å². The van der Waals surface area contributed by atoms with Crippen molar-refractivity contribution in [2.45, 2.75) is 97.5 Å². The lowest BCUT2D eigenvalue weighted by Crippen LogP contribution is -2.62. The summed E-state index contributed by atoms with van der Waals surface area (Å²) in [4.78, 5) is 59.3. The van der Waals surface area contributed by atoms with Gasteiger partial charge in [-0.15, -0.1) is 0 Å². The second kappa shape index (κ2) is 16.6. The molecule has 1 aliphatic heterocycles. The molecule has 1 saturated heterocycles. The number of ether oxygens (including phenoxy) is 2. The van der Waals surface area contributed by atoms with Crippen LogP contribution in [0.3, 0.4) is 0 Å². The van der Waals surface area contributed by atoms with E-state index in [0.29, 0.717) is 25.7 Å². The Hall–Kier alpha value is -3.92. The van der Waals surface area contributed by atoms with Gasteiger partial charge in [-0.05, 0) is 51.2 Å². The van der Waals surface area contributed by atoms with E-state index in [9.17, 15) is 19.2 Å². The van der Waals surface area contributed by atoms with E-state index in [1.165, 1.54) is 10.0 Å². The Balaban J connectivity index is 1.80. The van der Waals surface area contributed by atoms with E-state index < -0.39 is 41.4 Å². The molecule has 0 aliphatic carbocycles. The van der Waals surface area contributed by atoms with Crippen molar-refractivity contribution in [3.8, 4) is 0 Å². The fourth-order valence-corrected chi connectivity index (χ4v) is 4.85. The number of benzene rings is 2. The van der Waals surface area contributed by atoms with Crippen LogP contribution in [0.2, 0.25) is 0 Å². The number of nitrogens with zero attached hydrogens (tertiary/aromatic N) is 2. The van der Waals surface area contributed by atoms with E-state index in [1.54, 1.807) is 20.8 Å². The highest BCUT2D eigenvalue weighted by molar-refractivity contribution is 5.90. The highest BCUT2D eigenvalue weighted by Gasteiger charge is 2.44. The third-order valence-corrected chi connectivity index (χ3v) is 6.93. The van der Waals surface area contributed by atoms with E-state index in [4.69, 9.17) is 14.3 Å². The van der Waals surface area contributed by atoms with E-state index >= 15 is 0 Å². The van der Waals surface area contributed by atoms with E-state index in [-0.39, 0.29) is 26.2 Å². The number of nitrogens with one attached hydrogen (secondary N) is 1. The van der Waals surface area contributed by atoms with Crippen molar-refractivity contribution < 1.29 is 33.5 Å². The standard InChI is InChI=1S/C33H45N3O7/c1-5-6-9-19-27(22-29(37)34-42-24-26-17-12-8-13-18-26)30(38)36-28(31(39)43-33(2,3)4)20-14-21-35(36)32(40)41-23-25-15-10-7-11-16-25/h7-8,10-13,15-18,27-28H,5-6,9,14,19-24H2,1-4H3,(H,34,37)/t27-,28-/m0/s1. The average molecular weight is 596 g/mol. The summed E-state index contributed by atoms with van der Waals surface area (Å²) in [5, 5.41) is 2.37. The number of rotatable bonds is 13. The van der Waals surface area contributed by atoms with Gasteiger partial charge in [-0.2, -0.15) is 0 Å².